The lowest BCUT2D eigenvalue weighted by atomic mass is 9.86. The van der Waals surface area contributed by atoms with Gasteiger partial charge in [-0.15, -0.1) is 0 Å². The van der Waals surface area contributed by atoms with Gasteiger partial charge in [-0.25, -0.2) is 0 Å². The molecule has 0 N–H and O–H groups in total. The number of thioether (sulfide) groups is 1. The predicted octanol–water partition coefficient (Wildman–Crippen LogP) is 5.48. The van der Waals surface area contributed by atoms with Gasteiger partial charge in [0.15, 0.2) is 0 Å². The van der Waals surface area contributed by atoms with Crippen LogP contribution in [0.1, 0.15) is 29.0 Å². The molecule has 5 nitrogen and oxygen atoms in total. The molecule has 6 heteroatoms. The van der Waals surface area contributed by atoms with Crippen molar-refractivity contribution in [2.24, 2.45) is 0 Å². The molecular formula is C28H25N3O2S. The molecule has 0 radical (unpaired) electrons. The number of nitrogens with zero attached hydrogens (tertiary/aromatic N) is 3. The minimum absolute atomic E-state index is 0.0554. The van der Waals surface area contributed by atoms with Crippen LogP contribution < -0.4 is 4.74 Å². The maximum Gasteiger partial charge on any atom is 0.229 e. The topological polar surface area (TPSA) is 56.6 Å². The summed E-state index contributed by atoms with van der Waals surface area (Å²) in [6.07, 6.45) is 0.286. The molecule has 2 aliphatic rings. The van der Waals surface area contributed by atoms with E-state index in [0.29, 0.717) is 18.8 Å². The molecule has 3 aromatic carbocycles. The Labute approximate surface area is 204 Å². The monoisotopic (exact) mass is 467 g/mol. The molecule has 0 aliphatic carbocycles. The summed E-state index contributed by atoms with van der Waals surface area (Å²) in [5, 5.41) is 10.9. The fourth-order valence-corrected chi connectivity index (χ4v) is 5.53. The van der Waals surface area contributed by atoms with Crippen LogP contribution in [0.4, 0.5) is 0 Å². The van der Waals surface area contributed by atoms with Gasteiger partial charge in [-0.3, -0.25) is 14.6 Å². The van der Waals surface area contributed by atoms with Crippen LogP contribution in [0.25, 0.3) is 0 Å². The van der Waals surface area contributed by atoms with E-state index in [-0.39, 0.29) is 18.2 Å². The molecule has 1 fully saturated rings. The summed E-state index contributed by atoms with van der Waals surface area (Å²) < 4.78 is 5.99. The molecule has 1 unspecified atom stereocenters. The summed E-state index contributed by atoms with van der Waals surface area (Å²) in [6, 6.07) is 30.5. The third-order valence-electron chi connectivity index (χ3n) is 6.11. The maximum atomic E-state index is 13.2. The summed E-state index contributed by atoms with van der Waals surface area (Å²) in [7, 11) is 0. The second-order valence-electron chi connectivity index (χ2n) is 8.49. The van der Waals surface area contributed by atoms with Gasteiger partial charge < -0.3 is 4.74 Å². The van der Waals surface area contributed by atoms with Gasteiger partial charge in [0.05, 0.1) is 29.2 Å². The molecule has 1 amide bonds. The quantitative estimate of drug-likeness (QED) is 0.480. The fraction of sp³-hybridized carbons (Fsp3) is 0.214. The van der Waals surface area contributed by atoms with E-state index in [4.69, 9.17) is 4.74 Å². The maximum absolute atomic E-state index is 13.2. The number of benzene rings is 3. The van der Waals surface area contributed by atoms with E-state index in [1.165, 1.54) is 5.56 Å². The van der Waals surface area contributed by atoms with E-state index < -0.39 is 0 Å². The molecule has 2 aliphatic heterocycles. The van der Waals surface area contributed by atoms with Crippen LogP contribution in [-0.4, -0.2) is 28.3 Å². The molecule has 170 valence electrons. The number of hydrogen-bond donors (Lipinski definition) is 0. The zero-order valence-corrected chi connectivity index (χ0v) is 19.6. The van der Waals surface area contributed by atoms with Crippen LogP contribution in [0.15, 0.2) is 95.5 Å². The minimum Gasteiger partial charge on any atom is -0.489 e. The van der Waals surface area contributed by atoms with Crippen molar-refractivity contribution in [3.63, 3.8) is 0 Å². The number of amides is 1. The van der Waals surface area contributed by atoms with E-state index in [9.17, 15) is 10.1 Å². The van der Waals surface area contributed by atoms with Crippen molar-refractivity contribution in [2.45, 2.75) is 25.5 Å². The summed E-state index contributed by atoms with van der Waals surface area (Å²) in [5.74, 6) is 1.28. The van der Waals surface area contributed by atoms with Crippen LogP contribution in [-0.2, 0) is 17.9 Å². The predicted molar refractivity (Wildman–Crippen MR) is 133 cm³/mol. The molecule has 0 bridgehead atoms. The van der Waals surface area contributed by atoms with Crippen LogP contribution in [0.2, 0.25) is 0 Å². The number of rotatable bonds is 6. The lowest BCUT2D eigenvalue weighted by Gasteiger charge is -2.41. The number of nitriles is 1. The highest BCUT2D eigenvalue weighted by atomic mass is 32.2. The van der Waals surface area contributed by atoms with E-state index in [2.05, 4.69) is 23.1 Å². The molecule has 1 atom stereocenters. The first-order valence-electron chi connectivity index (χ1n) is 11.3. The molecule has 0 saturated carbocycles. The van der Waals surface area contributed by atoms with Crippen molar-refractivity contribution in [3.8, 4) is 11.8 Å². The van der Waals surface area contributed by atoms with E-state index in [1.54, 1.807) is 16.7 Å². The average Bonchev–Trinajstić information content (AvgIpc) is 2.89. The SMILES string of the molecule is N#CC1=C2SCN(Cc3ccccc3)CN2C(=O)CC1c1cccc(OCc2ccccc2)c1. The fourth-order valence-electron chi connectivity index (χ4n) is 4.40. The van der Waals surface area contributed by atoms with Crippen molar-refractivity contribution in [3.05, 3.63) is 112 Å². The van der Waals surface area contributed by atoms with Gasteiger partial charge in [0.25, 0.3) is 0 Å². The van der Waals surface area contributed by atoms with Crippen LogP contribution in [0, 0.1) is 11.3 Å². The molecular weight excluding hydrogens is 442 g/mol. The van der Waals surface area contributed by atoms with Crippen molar-refractivity contribution in [2.75, 3.05) is 12.5 Å². The third kappa shape index (κ3) is 4.86. The van der Waals surface area contributed by atoms with E-state index in [0.717, 1.165) is 34.3 Å². The first-order valence-corrected chi connectivity index (χ1v) is 12.3. The smallest absolute Gasteiger partial charge is 0.229 e. The molecule has 3 aromatic rings. The first kappa shape index (κ1) is 22.3. The zero-order chi connectivity index (χ0) is 23.3. The highest BCUT2D eigenvalue weighted by Gasteiger charge is 2.38. The van der Waals surface area contributed by atoms with Gasteiger partial charge >= 0.3 is 0 Å². The molecule has 0 aromatic heterocycles. The normalized spacial score (nSPS) is 18.4. The summed E-state index contributed by atoms with van der Waals surface area (Å²) in [5.41, 5.74) is 3.92. The Balaban J connectivity index is 1.34. The summed E-state index contributed by atoms with van der Waals surface area (Å²) >= 11 is 1.58. The minimum atomic E-state index is -0.253. The molecule has 2 heterocycles. The summed E-state index contributed by atoms with van der Waals surface area (Å²) in [6.45, 7) is 1.76. The second kappa shape index (κ2) is 10.2. The van der Waals surface area contributed by atoms with Gasteiger partial charge in [0.1, 0.15) is 12.4 Å². The number of fused-ring (bicyclic) bond motifs is 1. The summed E-state index contributed by atoms with van der Waals surface area (Å²) in [4.78, 5) is 17.2. The standard InChI is InChI=1S/C28H25N3O2S/c29-16-26-25(23-12-7-13-24(14-23)33-18-22-10-5-2-6-11-22)15-27(32)31-19-30(20-34-28(26)31)17-21-8-3-1-4-9-21/h1-14,25H,15,17-20H2. The van der Waals surface area contributed by atoms with E-state index in [1.807, 2.05) is 72.8 Å². The molecule has 1 saturated heterocycles. The molecule has 5 rings (SSSR count). The highest BCUT2D eigenvalue weighted by molar-refractivity contribution is 8.03. The number of carbonyl (C=O) groups excluding carboxylic acids is 1. The Morgan fingerprint density at radius 3 is 2.44 bits per heavy atom. The van der Waals surface area contributed by atoms with Crippen molar-refractivity contribution < 1.29 is 9.53 Å². The zero-order valence-electron chi connectivity index (χ0n) is 18.8. The van der Waals surface area contributed by atoms with Crippen molar-refractivity contribution >= 4 is 17.7 Å². The Bertz CT molecular complexity index is 1240. The van der Waals surface area contributed by atoms with Gasteiger partial charge in [0, 0.05) is 18.9 Å². The highest BCUT2D eigenvalue weighted by Crippen LogP contribution is 2.43. The second-order valence-corrected chi connectivity index (χ2v) is 9.42. The lowest BCUT2D eigenvalue weighted by molar-refractivity contribution is -0.131. The van der Waals surface area contributed by atoms with Gasteiger partial charge in [-0.05, 0) is 28.8 Å². The largest absolute Gasteiger partial charge is 0.489 e. The lowest BCUT2D eigenvalue weighted by Crippen LogP contribution is -2.46. The van der Waals surface area contributed by atoms with E-state index >= 15 is 0 Å². The van der Waals surface area contributed by atoms with Crippen molar-refractivity contribution in [1.82, 2.24) is 9.80 Å². The van der Waals surface area contributed by atoms with Crippen molar-refractivity contribution in [1.29, 1.82) is 5.26 Å². The Morgan fingerprint density at radius 1 is 0.971 bits per heavy atom. The molecule has 34 heavy (non-hydrogen) atoms. The Morgan fingerprint density at radius 2 is 1.71 bits per heavy atom. The third-order valence-corrected chi connectivity index (χ3v) is 7.32. The van der Waals surface area contributed by atoms with Crippen LogP contribution in [0.3, 0.4) is 0 Å². The Kier molecular flexibility index (Phi) is 6.66. The van der Waals surface area contributed by atoms with Crippen LogP contribution in [0.5, 0.6) is 5.75 Å². The number of hydrogen-bond acceptors (Lipinski definition) is 5. The van der Waals surface area contributed by atoms with Gasteiger partial charge in [-0.1, -0.05) is 84.6 Å². The Hall–Kier alpha value is -3.53. The van der Waals surface area contributed by atoms with Crippen LogP contribution >= 0.6 is 11.8 Å². The molecule has 0 spiro atoms. The van der Waals surface area contributed by atoms with Gasteiger partial charge in [-0.2, -0.15) is 5.26 Å². The van der Waals surface area contributed by atoms with Gasteiger partial charge in [0.2, 0.25) is 5.91 Å². The first-order chi connectivity index (χ1) is 16.7. The number of carbonyl (C=O) groups is 1. The number of allylic oxidation sites excluding steroid dienone is 1. The number of ether oxygens (including phenoxy) is 1. The average molecular weight is 468 g/mol.